The molecule has 1 aromatic rings. The smallest absolute Gasteiger partial charge is 0.251 e. The zero-order valence-corrected chi connectivity index (χ0v) is 7.83. The van der Waals surface area contributed by atoms with Crippen molar-refractivity contribution in [2.45, 2.75) is 13.0 Å². The molecule has 1 aromatic carbocycles. The van der Waals surface area contributed by atoms with Gasteiger partial charge in [-0.2, -0.15) is 0 Å². The van der Waals surface area contributed by atoms with Crippen LogP contribution >= 0.6 is 0 Å². The summed E-state index contributed by atoms with van der Waals surface area (Å²) in [5.41, 5.74) is 0.381. The van der Waals surface area contributed by atoms with Crippen LogP contribution < -0.4 is 5.32 Å². The SMILES string of the molecule is C[C@H](CO)NC(=O)c1ccc(F)cc1. The number of rotatable bonds is 3. The van der Waals surface area contributed by atoms with Gasteiger partial charge in [0.2, 0.25) is 0 Å². The lowest BCUT2D eigenvalue weighted by Crippen LogP contribution is -2.34. The molecule has 0 aliphatic carbocycles. The summed E-state index contributed by atoms with van der Waals surface area (Å²) in [5, 5.41) is 11.3. The highest BCUT2D eigenvalue weighted by molar-refractivity contribution is 5.94. The molecule has 76 valence electrons. The lowest BCUT2D eigenvalue weighted by Gasteiger charge is -2.10. The maximum absolute atomic E-state index is 12.5. The van der Waals surface area contributed by atoms with Gasteiger partial charge in [-0.25, -0.2) is 4.39 Å². The molecule has 0 aliphatic heterocycles. The van der Waals surface area contributed by atoms with E-state index in [1.165, 1.54) is 24.3 Å². The number of benzene rings is 1. The number of carbonyl (C=O) groups excluding carboxylic acids is 1. The third kappa shape index (κ3) is 2.81. The third-order valence-corrected chi connectivity index (χ3v) is 1.76. The molecule has 1 amide bonds. The van der Waals surface area contributed by atoms with Gasteiger partial charge in [-0.1, -0.05) is 0 Å². The largest absolute Gasteiger partial charge is 0.394 e. The molecule has 4 heteroatoms. The fraction of sp³-hybridized carbons (Fsp3) is 0.300. The number of carbonyl (C=O) groups is 1. The molecule has 3 nitrogen and oxygen atoms in total. The first-order valence-corrected chi connectivity index (χ1v) is 4.30. The minimum Gasteiger partial charge on any atom is -0.394 e. The number of aliphatic hydroxyl groups is 1. The summed E-state index contributed by atoms with van der Waals surface area (Å²) < 4.78 is 12.5. The second-order valence-electron chi connectivity index (χ2n) is 3.06. The Morgan fingerprint density at radius 3 is 2.57 bits per heavy atom. The molecule has 0 aromatic heterocycles. The van der Waals surface area contributed by atoms with Crippen molar-refractivity contribution >= 4 is 5.91 Å². The van der Waals surface area contributed by atoms with Crippen LogP contribution in [-0.4, -0.2) is 23.7 Å². The van der Waals surface area contributed by atoms with Crippen molar-refractivity contribution < 1.29 is 14.3 Å². The molecule has 0 radical (unpaired) electrons. The van der Waals surface area contributed by atoms with Crippen LogP contribution in [0.3, 0.4) is 0 Å². The van der Waals surface area contributed by atoms with Crippen LogP contribution in [0.5, 0.6) is 0 Å². The van der Waals surface area contributed by atoms with Gasteiger partial charge >= 0.3 is 0 Å². The predicted octanol–water partition coefficient (Wildman–Crippen LogP) is 0.936. The van der Waals surface area contributed by atoms with E-state index in [4.69, 9.17) is 5.11 Å². The average molecular weight is 197 g/mol. The molecule has 0 bridgehead atoms. The molecular formula is C10H12FNO2. The average Bonchev–Trinajstić information content (AvgIpc) is 2.18. The zero-order chi connectivity index (χ0) is 10.6. The summed E-state index contributed by atoms with van der Waals surface area (Å²) in [7, 11) is 0. The van der Waals surface area contributed by atoms with Crippen molar-refractivity contribution in [3.05, 3.63) is 35.6 Å². The summed E-state index contributed by atoms with van der Waals surface area (Å²) >= 11 is 0. The van der Waals surface area contributed by atoms with Crippen LogP contribution in [0.15, 0.2) is 24.3 Å². The number of amides is 1. The molecule has 1 rings (SSSR count). The maximum Gasteiger partial charge on any atom is 0.251 e. The molecule has 0 saturated heterocycles. The molecule has 1 atom stereocenters. The fourth-order valence-electron chi connectivity index (χ4n) is 0.954. The predicted molar refractivity (Wildman–Crippen MR) is 50.4 cm³/mol. The van der Waals surface area contributed by atoms with Crippen LogP contribution in [0, 0.1) is 5.82 Å². The van der Waals surface area contributed by atoms with Gasteiger partial charge in [-0.15, -0.1) is 0 Å². The quantitative estimate of drug-likeness (QED) is 0.757. The van der Waals surface area contributed by atoms with E-state index in [1.54, 1.807) is 6.92 Å². The van der Waals surface area contributed by atoms with Crippen LogP contribution in [0.1, 0.15) is 17.3 Å². The van der Waals surface area contributed by atoms with E-state index >= 15 is 0 Å². The van der Waals surface area contributed by atoms with E-state index < -0.39 is 0 Å². The summed E-state index contributed by atoms with van der Waals surface area (Å²) in [6, 6.07) is 4.94. The lowest BCUT2D eigenvalue weighted by molar-refractivity contribution is 0.0922. The Balaban J connectivity index is 2.65. The van der Waals surface area contributed by atoms with E-state index in [2.05, 4.69) is 5.32 Å². The highest BCUT2D eigenvalue weighted by Gasteiger charge is 2.08. The summed E-state index contributed by atoms with van der Waals surface area (Å²) in [4.78, 5) is 11.4. The second kappa shape index (κ2) is 4.72. The minimum atomic E-state index is -0.378. The molecule has 14 heavy (non-hydrogen) atoms. The molecule has 0 aliphatic rings. The van der Waals surface area contributed by atoms with E-state index in [0.29, 0.717) is 5.56 Å². The van der Waals surface area contributed by atoms with Crippen molar-refractivity contribution in [3.63, 3.8) is 0 Å². The van der Waals surface area contributed by atoms with Crippen molar-refractivity contribution in [2.24, 2.45) is 0 Å². The van der Waals surface area contributed by atoms with Gasteiger partial charge < -0.3 is 10.4 Å². The maximum atomic E-state index is 12.5. The molecule has 0 unspecified atom stereocenters. The van der Waals surface area contributed by atoms with E-state index in [-0.39, 0.29) is 24.4 Å². The second-order valence-corrected chi connectivity index (χ2v) is 3.06. The van der Waals surface area contributed by atoms with Gasteiger partial charge in [0, 0.05) is 11.6 Å². The number of hydrogen-bond donors (Lipinski definition) is 2. The van der Waals surface area contributed by atoms with Crippen LogP contribution in [0.25, 0.3) is 0 Å². The Morgan fingerprint density at radius 1 is 1.50 bits per heavy atom. The molecule has 0 fully saturated rings. The van der Waals surface area contributed by atoms with Gasteiger partial charge in [0.15, 0.2) is 0 Å². The van der Waals surface area contributed by atoms with Gasteiger partial charge in [0.05, 0.1) is 6.61 Å². The van der Waals surface area contributed by atoms with E-state index in [0.717, 1.165) is 0 Å². The zero-order valence-electron chi connectivity index (χ0n) is 7.83. The van der Waals surface area contributed by atoms with Crippen molar-refractivity contribution in [3.8, 4) is 0 Å². The number of aliphatic hydroxyl groups excluding tert-OH is 1. The molecule has 2 N–H and O–H groups in total. The van der Waals surface area contributed by atoms with Crippen molar-refractivity contribution in [2.75, 3.05) is 6.61 Å². The van der Waals surface area contributed by atoms with Gasteiger partial charge in [0.1, 0.15) is 5.82 Å². The summed E-state index contributed by atoms with van der Waals surface area (Å²) in [6.45, 7) is 1.56. The Bertz CT molecular complexity index is 310. The molecule has 0 spiro atoms. The van der Waals surface area contributed by atoms with Crippen LogP contribution in [0.4, 0.5) is 4.39 Å². The molecular weight excluding hydrogens is 185 g/mol. The van der Waals surface area contributed by atoms with Gasteiger partial charge in [0.25, 0.3) is 5.91 Å². The number of nitrogens with one attached hydrogen (secondary N) is 1. The highest BCUT2D eigenvalue weighted by atomic mass is 19.1. The fourth-order valence-corrected chi connectivity index (χ4v) is 0.954. The van der Waals surface area contributed by atoms with Crippen LogP contribution in [0.2, 0.25) is 0 Å². The first-order chi connectivity index (χ1) is 6.63. The summed E-state index contributed by atoms with van der Waals surface area (Å²) in [6.07, 6.45) is 0. The molecule has 0 saturated carbocycles. The minimum absolute atomic E-state index is 0.118. The van der Waals surface area contributed by atoms with Crippen molar-refractivity contribution in [1.82, 2.24) is 5.32 Å². The highest BCUT2D eigenvalue weighted by Crippen LogP contribution is 2.02. The first-order valence-electron chi connectivity index (χ1n) is 4.30. The topological polar surface area (TPSA) is 49.3 Å². The van der Waals surface area contributed by atoms with Crippen molar-refractivity contribution in [1.29, 1.82) is 0 Å². The normalized spacial score (nSPS) is 12.2. The van der Waals surface area contributed by atoms with Gasteiger partial charge in [-0.3, -0.25) is 4.79 Å². The van der Waals surface area contributed by atoms with Crippen LogP contribution in [-0.2, 0) is 0 Å². The Morgan fingerprint density at radius 2 is 2.07 bits per heavy atom. The Kier molecular flexibility index (Phi) is 3.59. The number of hydrogen-bond acceptors (Lipinski definition) is 2. The molecule has 0 heterocycles. The third-order valence-electron chi connectivity index (χ3n) is 1.76. The van der Waals surface area contributed by atoms with E-state index in [9.17, 15) is 9.18 Å². The Hall–Kier alpha value is -1.42. The lowest BCUT2D eigenvalue weighted by atomic mass is 10.2. The standard InChI is InChI=1S/C10H12FNO2/c1-7(6-13)12-10(14)8-2-4-9(11)5-3-8/h2-5,7,13H,6H2,1H3,(H,12,14)/t7-/m1/s1. The Labute approximate surface area is 81.6 Å². The number of halogens is 1. The monoisotopic (exact) mass is 197 g/mol. The summed E-state index contributed by atoms with van der Waals surface area (Å²) in [5.74, 6) is -0.691. The van der Waals surface area contributed by atoms with E-state index in [1.807, 2.05) is 0 Å². The first kappa shape index (κ1) is 10.7. The van der Waals surface area contributed by atoms with Gasteiger partial charge in [-0.05, 0) is 31.2 Å².